The molecule has 2 aliphatic rings. The zero-order chi connectivity index (χ0) is 13.1. The van der Waals surface area contributed by atoms with Gasteiger partial charge in [0.1, 0.15) is 6.07 Å². The molecule has 2 fully saturated rings. The molecule has 1 aliphatic heterocycles. The molecule has 3 rings (SSSR count). The van der Waals surface area contributed by atoms with E-state index in [9.17, 15) is 0 Å². The van der Waals surface area contributed by atoms with E-state index in [2.05, 4.69) is 26.5 Å². The summed E-state index contributed by atoms with van der Waals surface area (Å²) in [7, 11) is 0. The molecule has 1 aromatic heterocycles. The molecule has 1 saturated carbocycles. The lowest BCUT2D eigenvalue weighted by Crippen LogP contribution is -2.43. The van der Waals surface area contributed by atoms with E-state index < -0.39 is 0 Å². The molecular formula is C14H19N5. The zero-order valence-electron chi connectivity index (χ0n) is 11.0. The zero-order valence-corrected chi connectivity index (χ0v) is 11.0. The molecule has 5 heteroatoms. The maximum Gasteiger partial charge on any atom is 0.169 e. The fourth-order valence-corrected chi connectivity index (χ4v) is 2.60. The number of hydrogen-bond acceptors (Lipinski definition) is 5. The first kappa shape index (κ1) is 12.4. The maximum absolute atomic E-state index is 9.10. The summed E-state index contributed by atoms with van der Waals surface area (Å²) in [6.45, 7) is 3.09. The van der Waals surface area contributed by atoms with Crippen molar-refractivity contribution in [2.75, 3.05) is 24.5 Å². The number of nitrogens with one attached hydrogen (secondary N) is 1. The van der Waals surface area contributed by atoms with Gasteiger partial charge in [0.25, 0.3) is 0 Å². The molecule has 0 spiro atoms. The summed E-state index contributed by atoms with van der Waals surface area (Å²) in [6, 6.07) is 4.55. The highest BCUT2D eigenvalue weighted by Gasteiger charge is 2.25. The highest BCUT2D eigenvalue weighted by atomic mass is 15.3. The average molecular weight is 257 g/mol. The van der Waals surface area contributed by atoms with E-state index in [0.29, 0.717) is 11.6 Å². The Morgan fingerprint density at radius 1 is 1.32 bits per heavy atom. The van der Waals surface area contributed by atoms with Gasteiger partial charge >= 0.3 is 0 Å². The van der Waals surface area contributed by atoms with Crippen LogP contribution in [0.25, 0.3) is 0 Å². The number of nitrogens with zero attached hydrogens (tertiary/aromatic N) is 4. The number of rotatable bonds is 4. The Morgan fingerprint density at radius 2 is 2.11 bits per heavy atom. The monoisotopic (exact) mass is 257 g/mol. The number of aromatic nitrogens is 2. The van der Waals surface area contributed by atoms with Crippen LogP contribution < -0.4 is 10.2 Å². The lowest BCUT2D eigenvalue weighted by molar-refractivity contribution is 0.407. The molecule has 0 amide bonds. The summed E-state index contributed by atoms with van der Waals surface area (Å²) in [5.74, 6) is 1.67. The number of anilines is 1. The fraction of sp³-hybridized carbons (Fsp3) is 0.643. The van der Waals surface area contributed by atoms with Crippen LogP contribution in [0.2, 0.25) is 0 Å². The highest BCUT2D eigenvalue weighted by Crippen LogP contribution is 2.28. The van der Waals surface area contributed by atoms with Gasteiger partial charge < -0.3 is 10.2 Å². The molecule has 0 aromatic carbocycles. The molecule has 0 unspecified atom stereocenters. The minimum absolute atomic E-state index is 0.624. The van der Waals surface area contributed by atoms with Crippen LogP contribution >= 0.6 is 0 Å². The molecule has 1 N–H and O–H groups in total. The van der Waals surface area contributed by atoms with Crippen molar-refractivity contribution in [1.29, 1.82) is 5.26 Å². The topological polar surface area (TPSA) is 64.8 Å². The van der Waals surface area contributed by atoms with Gasteiger partial charge in [0.2, 0.25) is 0 Å². The van der Waals surface area contributed by atoms with Gasteiger partial charge in [-0.15, -0.1) is 5.10 Å². The molecule has 1 saturated heterocycles. The van der Waals surface area contributed by atoms with E-state index in [1.54, 1.807) is 12.3 Å². The van der Waals surface area contributed by atoms with Gasteiger partial charge in [-0.05, 0) is 44.2 Å². The van der Waals surface area contributed by atoms with E-state index in [-0.39, 0.29) is 0 Å². The van der Waals surface area contributed by atoms with Crippen molar-refractivity contribution < 1.29 is 0 Å². The molecule has 19 heavy (non-hydrogen) atoms. The smallest absolute Gasteiger partial charge is 0.169 e. The number of nitriles is 1. The fourth-order valence-electron chi connectivity index (χ4n) is 2.60. The minimum Gasteiger partial charge on any atom is -0.354 e. The summed E-state index contributed by atoms with van der Waals surface area (Å²) in [4.78, 5) is 2.18. The van der Waals surface area contributed by atoms with Crippen LogP contribution in [0.3, 0.4) is 0 Å². The first-order valence-corrected chi connectivity index (χ1v) is 7.07. The summed E-state index contributed by atoms with van der Waals surface area (Å²) < 4.78 is 0. The second-order valence-corrected chi connectivity index (χ2v) is 5.49. The molecule has 5 nitrogen and oxygen atoms in total. The largest absolute Gasteiger partial charge is 0.354 e. The Labute approximate surface area is 113 Å². The van der Waals surface area contributed by atoms with E-state index in [1.807, 2.05) is 0 Å². The minimum atomic E-state index is 0.624. The molecule has 1 aliphatic carbocycles. The van der Waals surface area contributed by atoms with Gasteiger partial charge in [-0.1, -0.05) is 0 Å². The van der Waals surface area contributed by atoms with E-state index in [0.717, 1.165) is 37.7 Å². The van der Waals surface area contributed by atoms with E-state index >= 15 is 0 Å². The van der Waals surface area contributed by atoms with Crippen molar-refractivity contribution in [3.63, 3.8) is 0 Å². The Kier molecular flexibility index (Phi) is 3.60. The van der Waals surface area contributed by atoms with Gasteiger partial charge in [0, 0.05) is 19.1 Å². The molecule has 0 atom stereocenters. The van der Waals surface area contributed by atoms with Crippen LogP contribution in [0.1, 0.15) is 31.2 Å². The highest BCUT2D eigenvalue weighted by molar-refractivity contribution is 5.52. The van der Waals surface area contributed by atoms with Gasteiger partial charge in [-0.25, -0.2) is 0 Å². The summed E-state index contributed by atoms with van der Waals surface area (Å²) in [5, 5.41) is 20.8. The van der Waals surface area contributed by atoms with Crippen LogP contribution in [0.4, 0.5) is 5.82 Å². The SMILES string of the molecule is N#Cc1ccnnc1N1CCC(NCC2CC2)CC1. The van der Waals surface area contributed by atoms with Crippen molar-refractivity contribution in [3.8, 4) is 6.07 Å². The van der Waals surface area contributed by atoms with Gasteiger partial charge in [-0.3, -0.25) is 0 Å². The third-order valence-corrected chi connectivity index (χ3v) is 4.01. The lowest BCUT2D eigenvalue weighted by Gasteiger charge is -2.33. The summed E-state index contributed by atoms with van der Waals surface area (Å²) in [5.41, 5.74) is 0.624. The molecule has 100 valence electrons. The first-order chi connectivity index (χ1) is 9.36. The lowest BCUT2D eigenvalue weighted by atomic mass is 10.0. The van der Waals surface area contributed by atoms with E-state index in [1.165, 1.54) is 19.4 Å². The van der Waals surface area contributed by atoms with Crippen molar-refractivity contribution in [1.82, 2.24) is 15.5 Å². The normalized spacial score (nSPS) is 20.3. The molecule has 2 heterocycles. The summed E-state index contributed by atoms with van der Waals surface area (Å²) >= 11 is 0. The third-order valence-electron chi connectivity index (χ3n) is 4.01. The van der Waals surface area contributed by atoms with E-state index in [4.69, 9.17) is 5.26 Å². The van der Waals surface area contributed by atoms with Crippen molar-refractivity contribution in [2.24, 2.45) is 5.92 Å². The Balaban J connectivity index is 1.55. The maximum atomic E-state index is 9.10. The predicted molar refractivity (Wildman–Crippen MR) is 72.7 cm³/mol. The number of hydrogen-bond donors (Lipinski definition) is 1. The second kappa shape index (κ2) is 5.54. The summed E-state index contributed by atoms with van der Waals surface area (Å²) in [6.07, 6.45) is 6.61. The van der Waals surface area contributed by atoms with Crippen LogP contribution in [-0.4, -0.2) is 35.9 Å². The van der Waals surface area contributed by atoms with Gasteiger partial charge in [0.05, 0.1) is 11.8 Å². The first-order valence-electron chi connectivity index (χ1n) is 7.07. The average Bonchev–Trinajstić information content (AvgIpc) is 3.30. The Bertz CT molecular complexity index is 469. The Morgan fingerprint density at radius 3 is 2.79 bits per heavy atom. The molecular weight excluding hydrogens is 238 g/mol. The molecule has 0 radical (unpaired) electrons. The van der Waals surface area contributed by atoms with Crippen molar-refractivity contribution in [2.45, 2.75) is 31.7 Å². The number of piperidine rings is 1. The molecule has 0 bridgehead atoms. The van der Waals surface area contributed by atoms with Crippen LogP contribution in [-0.2, 0) is 0 Å². The second-order valence-electron chi connectivity index (χ2n) is 5.49. The van der Waals surface area contributed by atoms with Crippen molar-refractivity contribution >= 4 is 5.82 Å². The van der Waals surface area contributed by atoms with Crippen LogP contribution in [0, 0.1) is 17.2 Å². The Hall–Kier alpha value is -1.67. The van der Waals surface area contributed by atoms with Crippen molar-refractivity contribution in [3.05, 3.63) is 17.8 Å². The van der Waals surface area contributed by atoms with Gasteiger partial charge in [0.15, 0.2) is 5.82 Å². The third kappa shape index (κ3) is 3.02. The quantitative estimate of drug-likeness (QED) is 0.881. The van der Waals surface area contributed by atoms with Crippen LogP contribution in [0.15, 0.2) is 12.3 Å². The van der Waals surface area contributed by atoms with Gasteiger partial charge in [-0.2, -0.15) is 10.4 Å². The molecule has 1 aromatic rings. The van der Waals surface area contributed by atoms with Crippen LogP contribution in [0.5, 0.6) is 0 Å². The standard InChI is InChI=1S/C14H19N5/c15-9-12-3-6-17-18-14(12)19-7-4-13(5-8-19)16-10-11-1-2-11/h3,6,11,13,16H,1-2,4-5,7-8,10H2. The predicted octanol–water partition coefficient (Wildman–Crippen LogP) is 1.32.